The summed E-state index contributed by atoms with van der Waals surface area (Å²) in [6.07, 6.45) is 4.52. The summed E-state index contributed by atoms with van der Waals surface area (Å²) in [6, 6.07) is 1.56. The molecule has 10 nitrogen and oxygen atoms in total. The summed E-state index contributed by atoms with van der Waals surface area (Å²) in [4.78, 5) is 10.5. The molecule has 1 N–H and O–H groups in total. The molecule has 4 heterocycles. The number of hydrogen-bond donors (Lipinski definition) is 1. The summed E-state index contributed by atoms with van der Waals surface area (Å²) in [5, 5.41) is 11.3. The number of hydrogen-bond acceptors (Lipinski definition) is 8. The Morgan fingerprint density at radius 3 is 2.79 bits per heavy atom. The fraction of sp³-hybridized carbons (Fsp3) is 0.385. The molecule has 0 unspecified atom stereocenters. The third-order valence-corrected chi connectivity index (χ3v) is 5.79. The zero-order valence-electron chi connectivity index (χ0n) is 12.7. The van der Waals surface area contributed by atoms with Gasteiger partial charge in [0.05, 0.1) is 17.3 Å². The average molecular weight is 349 g/mol. The molecule has 0 atom stereocenters. The van der Waals surface area contributed by atoms with Crippen LogP contribution < -0.4 is 4.90 Å². The third-order valence-electron chi connectivity index (χ3n) is 3.98. The quantitative estimate of drug-likeness (QED) is 0.698. The van der Waals surface area contributed by atoms with Gasteiger partial charge in [-0.1, -0.05) is 5.16 Å². The van der Waals surface area contributed by atoms with E-state index in [-0.39, 0.29) is 5.75 Å². The van der Waals surface area contributed by atoms with Gasteiger partial charge in [-0.3, -0.25) is 5.10 Å². The van der Waals surface area contributed by atoms with Crippen LogP contribution in [0.3, 0.4) is 0 Å². The molecule has 0 aromatic carbocycles. The molecule has 4 rings (SSSR count). The van der Waals surface area contributed by atoms with E-state index in [1.165, 1.54) is 16.9 Å². The van der Waals surface area contributed by atoms with Crippen molar-refractivity contribution >= 4 is 26.9 Å². The molecule has 0 aliphatic carbocycles. The van der Waals surface area contributed by atoms with Crippen LogP contribution >= 0.6 is 0 Å². The standard InChI is InChI=1S/C13H15N7O3S/c21-24(22,8-10-1-6-23-18-10)20-4-2-19(3-5-20)13-11-7-16-17-12(11)14-9-15-13/h1,6-7,9H,2-5,8H2,(H,14,15,16,17). The van der Waals surface area contributed by atoms with Gasteiger partial charge in [-0.2, -0.15) is 9.40 Å². The Bertz CT molecular complexity index is 930. The van der Waals surface area contributed by atoms with E-state index in [2.05, 4.69) is 25.3 Å². The minimum Gasteiger partial charge on any atom is -0.364 e. The Kier molecular flexibility index (Phi) is 3.65. The van der Waals surface area contributed by atoms with Gasteiger partial charge in [0.25, 0.3) is 0 Å². The normalized spacial score (nSPS) is 16.8. The van der Waals surface area contributed by atoms with Crippen LogP contribution in [0, 0.1) is 0 Å². The number of piperazine rings is 1. The molecule has 0 amide bonds. The Morgan fingerprint density at radius 1 is 1.21 bits per heavy atom. The lowest BCUT2D eigenvalue weighted by Crippen LogP contribution is -2.49. The lowest BCUT2D eigenvalue weighted by atomic mass is 10.3. The van der Waals surface area contributed by atoms with Gasteiger partial charge in [0.15, 0.2) is 5.65 Å². The lowest BCUT2D eigenvalue weighted by molar-refractivity contribution is 0.381. The number of H-pyrrole nitrogens is 1. The summed E-state index contributed by atoms with van der Waals surface area (Å²) >= 11 is 0. The van der Waals surface area contributed by atoms with Crippen molar-refractivity contribution in [1.29, 1.82) is 0 Å². The fourth-order valence-corrected chi connectivity index (χ4v) is 4.20. The second-order valence-corrected chi connectivity index (χ2v) is 7.43. The highest BCUT2D eigenvalue weighted by atomic mass is 32.2. The number of rotatable bonds is 4. The predicted octanol–water partition coefficient (Wildman–Crippen LogP) is -0.00710. The van der Waals surface area contributed by atoms with E-state index in [0.29, 0.717) is 37.5 Å². The zero-order chi connectivity index (χ0) is 16.6. The summed E-state index contributed by atoms with van der Waals surface area (Å²) in [5.74, 6) is 0.616. The van der Waals surface area contributed by atoms with Gasteiger partial charge in [-0.25, -0.2) is 18.4 Å². The van der Waals surface area contributed by atoms with Crippen molar-refractivity contribution in [2.24, 2.45) is 0 Å². The number of aromatic amines is 1. The van der Waals surface area contributed by atoms with Gasteiger partial charge in [0.1, 0.15) is 24.2 Å². The molecule has 0 radical (unpaired) electrons. The van der Waals surface area contributed by atoms with Gasteiger partial charge < -0.3 is 9.42 Å². The molecule has 1 aliphatic heterocycles. The summed E-state index contributed by atoms with van der Waals surface area (Å²) in [5.41, 5.74) is 1.08. The maximum Gasteiger partial charge on any atom is 0.220 e. The molecule has 126 valence electrons. The maximum absolute atomic E-state index is 12.5. The van der Waals surface area contributed by atoms with Gasteiger partial charge >= 0.3 is 0 Å². The fourth-order valence-electron chi connectivity index (χ4n) is 2.77. The van der Waals surface area contributed by atoms with Gasteiger partial charge in [0, 0.05) is 32.2 Å². The number of sulfonamides is 1. The first-order valence-corrected chi connectivity index (χ1v) is 9.00. The highest BCUT2D eigenvalue weighted by molar-refractivity contribution is 7.88. The third kappa shape index (κ3) is 2.71. The number of anilines is 1. The Labute approximate surface area is 137 Å². The van der Waals surface area contributed by atoms with Crippen molar-refractivity contribution in [3.8, 4) is 0 Å². The Balaban J connectivity index is 1.48. The van der Waals surface area contributed by atoms with Crippen LogP contribution in [0.1, 0.15) is 5.69 Å². The van der Waals surface area contributed by atoms with Crippen molar-refractivity contribution < 1.29 is 12.9 Å². The molecule has 3 aromatic rings. The van der Waals surface area contributed by atoms with Crippen molar-refractivity contribution in [1.82, 2.24) is 29.6 Å². The van der Waals surface area contributed by atoms with E-state index >= 15 is 0 Å². The van der Waals surface area contributed by atoms with Crippen LogP contribution in [0.5, 0.6) is 0 Å². The number of aromatic nitrogens is 5. The molecule has 24 heavy (non-hydrogen) atoms. The second kappa shape index (κ2) is 5.83. The first-order chi connectivity index (χ1) is 11.6. The molecule has 3 aromatic heterocycles. The van der Waals surface area contributed by atoms with E-state index in [1.807, 2.05) is 4.90 Å². The van der Waals surface area contributed by atoms with Crippen LogP contribution in [0.4, 0.5) is 5.82 Å². The molecule has 0 saturated carbocycles. The van der Waals surface area contributed by atoms with Crippen molar-refractivity contribution in [3.63, 3.8) is 0 Å². The van der Waals surface area contributed by atoms with Crippen molar-refractivity contribution in [2.75, 3.05) is 31.1 Å². The molecule has 1 saturated heterocycles. The number of nitrogens with one attached hydrogen (secondary N) is 1. The van der Waals surface area contributed by atoms with Crippen LogP contribution in [-0.4, -0.2) is 64.2 Å². The van der Waals surface area contributed by atoms with Gasteiger partial charge in [0.2, 0.25) is 10.0 Å². The zero-order valence-corrected chi connectivity index (χ0v) is 13.5. The van der Waals surface area contributed by atoms with Gasteiger partial charge in [-0.05, 0) is 0 Å². The van der Waals surface area contributed by atoms with E-state index in [1.54, 1.807) is 12.3 Å². The van der Waals surface area contributed by atoms with E-state index in [9.17, 15) is 8.42 Å². The van der Waals surface area contributed by atoms with Crippen LogP contribution in [0.15, 0.2) is 29.4 Å². The van der Waals surface area contributed by atoms with E-state index in [0.717, 1.165) is 11.2 Å². The highest BCUT2D eigenvalue weighted by Crippen LogP contribution is 2.23. The molecule has 1 aliphatic rings. The minimum atomic E-state index is -3.41. The van der Waals surface area contributed by atoms with Crippen LogP contribution in [0.2, 0.25) is 0 Å². The average Bonchev–Trinajstić information content (AvgIpc) is 3.25. The topological polar surface area (TPSA) is 121 Å². The molecule has 0 spiro atoms. The van der Waals surface area contributed by atoms with Gasteiger partial charge in [-0.15, -0.1) is 0 Å². The predicted molar refractivity (Wildman–Crippen MR) is 84.6 cm³/mol. The first-order valence-electron chi connectivity index (χ1n) is 7.39. The number of nitrogens with zero attached hydrogens (tertiary/aromatic N) is 6. The maximum atomic E-state index is 12.5. The monoisotopic (exact) mass is 349 g/mol. The number of fused-ring (bicyclic) bond motifs is 1. The van der Waals surface area contributed by atoms with E-state index in [4.69, 9.17) is 4.52 Å². The summed E-state index contributed by atoms with van der Waals surface area (Å²) < 4.78 is 31.1. The minimum absolute atomic E-state index is 0.150. The molecule has 0 bridgehead atoms. The Morgan fingerprint density at radius 2 is 2.04 bits per heavy atom. The first kappa shape index (κ1) is 15.0. The van der Waals surface area contributed by atoms with Crippen LogP contribution in [0.25, 0.3) is 11.0 Å². The molecule has 1 fully saturated rings. The van der Waals surface area contributed by atoms with Crippen LogP contribution in [-0.2, 0) is 15.8 Å². The molecule has 11 heteroatoms. The highest BCUT2D eigenvalue weighted by Gasteiger charge is 2.29. The second-order valence-electron chi connectivity index (χ2n) is 5.46. The SMILES string of the molecule is O=S(=O)(Cc1ccon1)N1CCN(c2ncnc3[nH]ncc23)CC1. The van der Waals surface area contributed by atoms with E-state index < -0.39 is 10.0 Å². The summed E-state index contributed by atoms with van der Waals surface area (Å²) in [7, 11) is -3.41. The largest absolute Gasteiger partial charge is 0.364 e. The lowest BCUT2D eigenvalue weighted by Gasteiger charge is -2.34. The smallest absolute Gasteiger partial charge is 0.220 e. The molecular weight excluding hydrogens is 334 g/mol. The van der Waals surface area contributed by atoms with Crippen molar-refractivity contribution in [3.05, 3.63) is 30.5 Å². The summed E-state index contributed by atoms with van der Waals surface area (Å²) in [6.45, 7) is 1.89. The molecular formula is C13H15N7O3S. The van der Waals surface area contributed by atoms with Crippen molar-refractivity contribution in [2.45, 2.75) is 5.75 Å². The Hall–Kier alpha value is -2.53.